The van der Waals surface area contributed by atoms with E-state index in [0.717, 1.165) is 11.3 Å². The average molecular weight is 365 g/mol. The molecule has 0 aliphatic rings. The molecule has 134 valence electrons. The maximum atomic E-state index is 12.0. The molecule has 0 heterocycles. The van der Waals surface area contributed by atoms with Gasteiger partial charge in [0.05, 0.1) is 26.5 Å². The van der Waals surface area contributed by atoms with Crippen molar-refractivity contribution >= 4 is 23.3 Å². The van der Waals surface area contributed by atoms with Crippen molar-refractivity contribution in [2.24, 2.45) is 0 Å². The van der Waals surface area contributed by atoms with Crippen molar-refractivity contribution in [3.63, 3.8) is 0 Å². The van der Waals surface area contributed by atoms with Crippen molar-refractivity contribution in [1.29, 1.82) is 0 Å². The summed E-state index contributed by atoms with van der Waals surface area (Å²) < 4.78 is 16.0. The Labute approximate surface area is 152 Å². The molecular formula is C18H21ClN2O4. The molecule has 2 amide bonds. The molecule has 0 aliphatic heterocycles. The van der Waals surface area contributed by atoms with Crippen LogP contribution in [0, 0.1) is 6.92 Å². The fraction of sp³-hybridized carbons (Fsp3) is 0.278. The summed E-state index contributed by atoms with van der Waals surface area (Å²) in [5, 5.41) is 6.11. The predicted molar refractivity (Wildman–Crippen MR) is 98.3 cm³/mol. The number of hydrogen-bond donors (Lipinski definition) is 2. The van der Waals surface area contributed by atoms with Crippen molar-refractivity contribution in [2.75, 3.05) is 32.7 Å². The molecule has 2 aromatic carbocycles. The first-order valence-electron chi connectivity index (χ1n) is 7.69. The summed E-state index contributed by atoms with van der Waals surface area (Å²) in [6.07, 6.45) is 0. The highest BCUT2D eigenvalue weighted by molar-refractivity contribution is 6.30. The van der Waals surface area contributed by atoms with Crippen LogP contribution < -0.4 is 24.8 Å². The van der Waals surface area contributed by atoms with Crippen molar-refractivity contribution in [1.82, 2.24) is 5.32 Å². The van der Waals surface area contributed by atoms with Crippen LogP contribution >= 0.6 is 11.6 Å². The number of carbonyl (C=O) groups excluding carboxylic acids is 1. The van der Waals surface area contributed by atoms with Gasteiger partial charge in [-0.15, -0.1) is 0 Å². The SMILES string of the molecule is COc1ccc(OC)c(NC(=O)NCCOc2ccc(Cl)cc2C)c1. The van der Waals surface area contributed by atoms with Crippen molar-refractivity contribution in [2.45, 2.75) is 6.92 Å². The van der Waals surface area contributed by atoms with Crippen LogP contribution in [-0.2, 0) is 0 Å². The molecule has 0 saturated carbocycles. The largest absolute Gasteiger partial charge is 0.497 e. The third-order valence-electron chi connectivity index (χ3n) is 3.44. The minimum Gasteiger partial charge on any atom is -0.497 e. The summed E-state index contributed by atoms with van der Waals surface area (Å²) in [5.74, 6) is 1.91. The van der Waals surface area contributed by atoms with Crippen LogP contribution in [0.4, 0.5) is 10.5 Å². The highest BCUT2D eigenvalue weighted by Gasteiger charge is 2.09. The second-order valence-corrected chi connectivity index (χ2v) is 5.64. The second-order valence-electron chi connectivity index (χ2n) is 5.21. The van der Waals surface area contributed by atoms with E-state index in [9.17, 15) is 4.79 Å². The summed E-state index contributed by atoms with van der Waals surface area (Å²) >= 11 is 5.90. The molecule has 0 aromatic heterocycles. The number of nitrogens with one attached hydrogen (secondary N) is 2. The molecule has 0 unspecified atom stereocenters. The highest BCUT2D eigenvalue weighted by Crippen LogP contribution is 2.28. The van der Waals surface area contributed by atoms with E-state index in [4.69, 9.17) is 25.8 Å². The first kappa shape index (κ1) is 18.7. The lowest BCUT2D eigenvalue weighted by Gasteiger charge is -2.13. The lowest BCUT2D eigenvalue weighted by molar-refractivity contribution is 0.247. The number of ether oxygens (including phenoxy) is 3. The van der Waals surface area contributed by atoms with E-state index < -0.39 is 0 Å². The Bertz CT molecular complexity index is 737. The molecule has 0 radical (unpaired) electrons. The van der Waals surface area contributed by atoms with Gasteiger partial charge in [0.2, 0.25) is 0 Å². The molecule has 0 bridgehead atoms. The second kappa shape index (κ2) is 9.03. The van der Waals surface area contributed by atoms with Gasteiger partial charge in [-0.05, 0) is 42.8 Å². The van der Waals surface area contributed by atoms with Gasteiger partial charge in [-0.25, -0.2) is 4.79 Å². The molecule has 2 rings (SSSR count). The maximum absolute atomic E-state index is 12.0. The van der Waals surface area contributed by atoms with E-state index in [1.54, 1.807) is 37.4 Å². The molecule has 2 aromatic rings. The van der Waals surface area contributed by atoms with Gasteiger partial charge < -0.3 is 24.8 Å². The van der Waals surface area contributed by atoms with Crippen molar-refractivity contribution in [3.05, 3.63) is 47.0 Å². The normalized spacial score (nSPS) is 10.1. The molecular weight excluding hydrogens is 344 g/mol. The number of benzene rings is 2. The lowest BCUT2D eigenvalue weighted by atomic mass is 10.2. The molecule has 2 N–H and O–H groups in total. The Morgan fingerprint density at radius 3 is 2.52 bits per heavy atom. The Kier molecular flexibility index (Phi) is 6.77. The fourth-order valence-corrected chi connectivity index (χ4v) is 2.41. The summed E-state index contributed by atoms with van der Waals surface area (Å²) in [4.78, 5) is 12.0. The standard InChI is InChI=1S/C18H21ClN2O4/c1-12-10-13(19)4-6-16(12)25-9-8-20-18(22)21-15-11-14(23-2)5-7-17(15)24-3/h4-7,10-11H,8-9H2,1-3H3,(H2,20,21,22). The Morgan fingerprint density at radius 1 is 1.08 bits per heavy atom. The lowest BCUT2D eigenvalue weighted by Crippen LogP contribution is -2.32. The molecule has 0 fully saturated rings. The van der Waals surface area contributed by atoms with Crippen LogP contribution in [-0.4, -0.2) is 33.4 Å². The zero-order valence-corrected chi connectivity index (χ0v) is 15.1. The molecule has 0 spiro atoms. The molecule has 0 atom stereocenters. The van der Waals surface area contributed by atoms with Crippen LogP contribution in [0.25, 0.3) is 0 Å². The number of carbonyl (C=O) groups is 1. The monoisotopic (exact) mass is 364 g/mol. The first-order chi connectivity index (χ1) is 12.0. The number of aryl methyl sites for hydroxylation is 1. The van der Waals surface area contributed by atoms with E-state index in [-0.39, 0.29) is 6.03 Å². The van der Waals surface area contributed by atoms with Gasteiger partial charge in [-0.1, -0.05) is 11.6 Å². The summed E-state index contributed by atoms with van der Waals surface area (Å²) in [6.45, 7) is 2.60. The molecule has 0 saturated heterocycles. The van der Waals surface area contributed by atoms with Gasteiger partial charge >= 0.3 is 6.03 Å². The Hall–Kier alpha value is -2.60. The smallest absolute Gasteiger partial charge is 0.319 e. The topological polar surface area (TPSA) is 68.8 Å². The average Bonchev–Trinajstić information content (AvgIpc) is 2.60. The van der Waals surface area contributed by atoms with Crippen molar-refractivity contribution < 1.29 is 19.0 Å². The minimum absolute atomic E-state index is 0.338. The third-order valence-corrected chi connectivity index (χ3v) is 3.67. The number of rotatable bonds is 7. The van der Waals surface area contributed by atoms with Crippen LogP contribution in [0.5, 0.6) is 17.2 Å². The predicted octanol–water partition coefficient (Wildman–Crippen LogP) is 3.87. The van der Waals surface area contributed by atoms with E-state index in [2.05, 4.69) is 10.6 Å². The summed E-state index contributed by atoms with van der Waals surface area (Å²) in [5.41, 5.74) is 1.46. The van der Waals surface area contributed by atoms with Crippen LogP contribution in [0.2, 0.25) is 5.02 Å². The van der Waals surface area contributed by atoms with Gasteiger partial charge in [0.15, 0.2) is 0 Å². The van der Waals surface area contributed by atoms with Crippen LogP contribution in [0.3, 0.4) is 0 Å². The zero-order chi connectivity index (χ0) is 18.2. The highest BCUT2D eigenvalue weighted by atomic mass is 35.5. The molecule has 25 heavy (non-hydrogen) atoms. The van der Waals surface area contributed by atoms with Gasteiger partial charge in [-0.2, -0.15) is 0 Å². The van der Waals surface area contributed by atoms with E-state index in [0.29, 0.717) is 35.4 Å². The Morgan fingerprint density at radius 2 is 1.84 bits per heavy atom. The number of hydrogen-bond acceptors (Lipinski definition) is 4. The third kappa shape index (κ3) is 5.46. The van der Waals surface area contributed by atoms with Crippen LogP contribution in [0.1, 0.15) is 5.56 Å². The van der Waals surface area contributed by atoms with E-state index >= 15 is 0 Å². The Balaban J connectivity index is 1.83. The minimum atomic E-state index is -0.358. The summed E-state index contributed by atoms with van der Waals surface area (Å²) in [6, 6.07) is 10.2. The molecule has 0 aliphatic carbocycles. The maximum Gasteiger partial charge on any atom is 0.319 e. The van der Waals surface area contributed by atoms with Crippen LogP contribution in [0.15, 0.2) is 36.4 Å². The van der Waals surface area contributed by atoms with Gasteiger partial charge in [-0.3, -0.25) is 0 Å². The van der Waals surface area contributed by atoms with Gasteiger partial charge in [0, 0.05) is 11.1 Å². The van der Waals surface area contributed by atoms with E-state index in [1.165, 1.54) is 7.11 Å². The number of halogens is 1. The summed E-state index contributed by atoms with van der Waals surface area (Å²) in [7, 11) is 3.09. The molecule has 7 heteroatoms. The quantitative estimate of drug-likeness (QED) is 0.732. The number of methoxy groups -OCH3 is 2. The fourth-order valence-electron chi connectivity index (χ4n) is 2.18. The van der Waals surface area contributed by atoms with Gasteiger partial charge in [0.25, 0.3) is 0 Å². The number of urea groups is 1. The zero-order valence-electron chi connectivity index (χ0n) is 14.4. The molecule has 6 nitrogen and oxygen atoms in total. The van der Waals surface area contributed by atoms with Crippen molar-refractivity contribution in [3.8, 4) is 17.2 Å². The number of amides is 2. The number of anilines is 1. The van der Waals surface area contributed by atoms with Gasteiger partial charge in [0.1, 0.15) is 23.9 Å². The van der Waals surface area contributed by atoms with E-state index in [1.807, 2.05) is 13.0 Å². The first-order valence-corrected chi connectivity index (χ1v) is 8.07.